The van der Waals surface area contributed by atoms with Crippen LogP contribution in [-0.2, 0) is 6.54 Å². The third-order valence-corrected chi connectivity index (χ3v) is 1.99. The van der Waals surface area contributed by atoms with Gasteiger partial charge in [0.1, 0.15) is 17.8 Å². The summed E-state index contributed by atoms with van der Waals surface area (Å²) >= 11 is 0. The van der Waals surface area contributed by atoms with Gasteiger partial charge in [-0.2, -0.15) is 5.26 Å². The highest BCUT2D eigenvalue weighted by Gasteiger charge is 2.01. The molecule has 2 rings (SSSR count). The first-order chi connectivity index (χ1) is 7.78. The summed E-state index contributed by atoms with van der Waals surface area (Å²) in [5.41, 5.74) is 1.53. The second kappa shape index (κ2) is 4.45. The average Bonchev–Trinajstić information content (AvgIpc) is 2.78. The van der Waals surface area contributed by atoms with Crippen molar-refractivity contribution in [1.82, 2.24) is 5.16 Å². The van der Waals surface area contributed by atoms with Crippen LogP contribution >= 0.6 is 0 Å². The second-order valence-electron chi connectivity index (χ2n) is 3.18. The lowest BCUT2D eigenvalue weighted by Gasteiger charge is -2.04. The van der Waals surface area contributed by atoms with Gasteiger partial charge in [-0.15, -0.1) is 0 Å². The Hall–Kier alpha value is -2.35. The molecule has 0 aliphatic rings. The molecule has 0 saturated heterocycles. The number of rotatable bonds is 3. The molecule has 0 aliphatic carbocycles. The monoisotopic (exact) mass is 217 g/mol. The smallest absolute Gasteiger partial charge is 0.126 e. The number of anilines is 1. The highest BCUT2D eigenvalue weighted by molar-refractivity contribution is 5.49. The molecule has 2 aromatic rings. The molecule has 0 aliphatic heterocycles. The van der Waals surface area contributed by atoms with Crippen molar-refractivity contribution in [2.45, 2.75) is 6.54 Å². The van der Waals surface area contributed by atoms with Crippen LogP contribution in [0, 0.1) is 17.1 Å². The largest absolute Gasteiger partial charge is 0.379 e. The molecule has 1 aromatic heterocycles. The summed E-state index contributed by atoms with van der Waals surface area (Å²) in [5.74, 6) is -0.443. The van der Waals surface area contributed by atoms with Gasteiger partial charge in [0.25, 0.3) is 0 Å². The predicted molar refractivity (Wildman–Crippen MR) is 54.9 cm³/mol. The fourth-order valence-electron chi connectivity index (χ4n) is 1.28. The van der Waals surface area contributed by atoms with E-state index in [1.54, 1.807) is 12.1 Å². The summed E-state index contributed by atoms with van der Waals surface area (Å²) in [6.07, 6.45) is 1.46. The van der Waals surface area contributed by atoms with E-state index in [0.717, 1.165) is 0 Å². The Kier molecular flexibility index (Phi) is 2.83. The van der Waals surface area contributed by atoms with Crippen molar-refractivity contribution in [2.75, 3.05) is 5.32 Å². The van der Waals surface area contributed by atoms with E-state index in [1.165, 1.54) is 18.4 Å². The Balaban J connectivity index is 2.10. The van der Waals surface area contributed by atoms with E-state index in [4.69, 9.17) is 5.26 Å². The van der Waals surface area contributed by atoms with Crippen LogP contribution in [0.4, 0.5) is 10.1 Å². The van der Waals surface area contributed by atoms with Crippen LogP contribution in [0.3, 0.4) is 0 Å². The van der Waals surface area contributed by atoms with Crippen LogP contribution in [0.5, 0.6) is 0 Å². The molecule has 1 N–H and O–H groups in total. The number of hydrogen-bond donors (Lipinski definition) is 1. The number of aromatic nitrogens is 1. The molecule has 0 radical (unpaired) electrons. The molecule has 0 atom stereocenters. The number of halogens is 1. The minimum atomic E-state index is -0.443. The second-order valence-corrected chi connectivity index (χ2v) is 3.18. The van der Waals surface area contributed by atoms with Crippen LogP contribution in [0.15, 0.2) is 35.1 Å². The fraction of sp³-hybridized carbons (Fsp3) is 0.0909. The molecule has 0 amide bonds. The van der Waals surface area contributed by atoms with E-state index in [0.29, 0.717) is 17.9 Å². The van der Waals surface area contributed by atoms with Gasteiger partial charge in [0.2, 0.25) is 0 Å². The maximum atomic E-state index is 13.1. The first-order valence-corrected chi connectivity index (χ1v) is 4.62. The lowest BCUT2D eigenvalue weighted by molar-refractivity contribution is 0.412. The van der Waals surface area contributed by atoms with Gasteiger partial charge >= 0.3 is 0 Å². The first-order valence-electron chi connectivity index (χ1n) is 4.62. The average molecular weight is 217 g/mol. The zero-order valence-electron chi connectivity index (χ0n) is 8.27. The van der Waals surface area contributed by atoms with Gasteiger partial charge in [0, 0.05) is 11.8 Å². The maximum Gasteiger partial charge on any atom is 0.126 e. The number of nitrogens with zero attached hydrogens (tertiary/aromatic N) is 2. The molecule has 0 unspecified atom stereocenters. The molecule has 1 aromatic carbocycles. The minimum absolute atomic E-state index is 0.280. The molecular formula is C11H8FN3O. The first kappa shape index (κ1) is 10.2. The molecule has 16 heavy (non-hydrogen) atoms. The topological polar surface area (TPSA) is 61.9 Å². The standard InChI is InChI=1S/C11H8FN3O/c12-9-3-8(6-13)4-11(5-9)14-7-10-1-2-16-15-10/h1-5,14H,7H2. The fourth-order valence-corrected chi connectivity index (χ4v) is 1.28. The van der Waals surface area contributed by atoms with Gasteiger partial charge in [0.05, 0.1) is 18.2 Å². The SMILES string of the molecule is N#Cc1cc(F)cc(NCc2ccon2)c1. The summed E-state index contributed by atoms with van der Waals surface area (Å²) in [7, 11) is 0. The van der Waals surface area contributed by atoms with E-state index in [1.807, 2.05) is 6.07 Å². The third-order valence-electron chi connectivity index (χ3n) is 1.99. The van der Waals surface area contributed by atoms with Crippen LogP contribution in [0.25, 0.3) is 0 Å². The third kappa shape index (κ3) is 2.36. The van der Waals surface area contributed by atoms with Crippen molar-refractivity contribution >= 4 is 5.69 Å². The number of nitrogens with one attached hydrogen (secondary N) is 1. The van der Waals surface area contributed by atoms with Crippen LogP contribution in [-0.4, -0.2) is 5.16 Å². The van der Waals surface area contributed by atoms with E-state index >= 15 is 0 Å². The zero-order valence-corrected chi connectivity index (χ0v) is 8.27. The van der Waals surface area contributed by atoms with Crippen molar-refractivity contribution < 1.29 is 8.91 Å². The molecule has 0 fully saturated rings. The summed E-state index contributed by atoms with van der Waals surface area (Å²) in [5, 5.41) is 15.3. The molecule has 80 valence electrons. The van der Waals surface area contributed by atoms with Crippen molar-refractivity contribution in [1.29, 1.82) is 5.26 Å². The molecule has 0 spiro atoms. The minimum Gasteiger partial charge on any atom is -0.379 e. The molecular weight excluding hydrogens is 209 g/mol. The Labute approximate surface area is 91.3 Å². The lowest BCUT2D eigenvalue weighted by Crippen LogP contribution is -2.00. The molecule has 1 heterocycles. The summed E-state index contributed by atoms with van der Waals surface area (Å²) in [4.78, 5) is 0. The quantitative estimate of drug-likeness (QED) is 0.856. The summed E-state index contributed by atoms with van der Waals surface area (Å²) < 4.78 is 17.7. The summed E-state index contributed by atoms with van der Waals surface area (Å²) in [6, 6.07) is 7.67. The van der Waals surface area contributed by atoms with E-state index in [-0.39, 0.29) is 5.56 Å². The zero-order chi connectivity index (χ0) is 11.4. The van der Waals surface area contributed by atoms with Crippen molar-refractivity contribution in [2.24, 2.45) is 0 Å². The van der Waals surface area contributed by atoms with Gasteiger partial charge in [-0.25, -0.2) is 4.39 Å². The van der Waals surface area contributed by atoms with Crippen LogP contribution < -0.4 is 5.32 Å². The molecule has 0 bridgehead atoms. The van der Waals surface area contributed by atoms with Crippen LogP contribution in [0.1, 0.15) is 11.3 Å². The number of nitriles is 1. The van der Waals surface area contributed by atoms with Crippen LogP contribution in [0.2, 0.25) is 0 Å². The maximum absolute atomic E-state index is 13.1. The number of benzene rings is 1. The van der Waals surface area contributed by atoms with Crippen molar-refractivity contribution in [3.05, 3.63) is 47.6 Å². The highest BCUT2D eigenvalue weighted by atomic mass is 19.1. The Bertz CT molecular complexity index is 517. The van der Waals surface area contributed by atoms with E-state index in [9.17, 15) is 4.39 Å². The predicted octanol–water partition coefficient (Wildman–Crippen LogP) is 2.30. The van der Waals surface area contributed by atoms with Gasteiger partial charge < -0.3 is 9.84 Å². The van der Waals surface area contributed by atoms with Gasteiger partial charge in [-0.1, -0.05) is 5.16 Å². The van der Waals surface area contributed by atoms with Crippen molar-refractivity contribution in [3.8, 4) is 6.07 Å². The lowest BCUT2D eigenvalue weighted by atomic mass is 10.2. The van der Waals surface area contributed by atoms with E-state index in [2.05, 4.69) is 15.0 Å². The van der Waals surface area contributed by atoms with Gasteiger partial charge in [-0.05, 0) is 18.2 Å². The van der Waals surface area contributed by atoms with E-state index < -0.39 is 5.82 Å². The Morgan fingerprint density at radius 1 is 1.44 bits per heavy atom. The summed E-state index contributed by atoms with van der Waals surface area (Å²) in [6.45, 7) is 0.421. The van der Waals surface area contributed by atoms with Crippen molar-refractivity contribution in [3.63, 3.8) is 0 Å². The Morgan fingerprint density at radius 2 is 2.31 bits per heavy atom. The Morgan fingerprint density at radius 3 is 3.00 bits per heavy atom. The normalized spacial score (nSPS) is 9.75. The molecule has 4 nitrogen and oxygen atoms in total. The number of hydrogen-bond acceptors (Lipinski definition) is 4. The van der Waals surface area contributed by atoms with Gasteiger partial charge in [-0.3, -0.25) is 0 Å². The molecule has 0 saturated carbocycles. The molecule has 5 heteroatoms. The van der Waals surface area contributed by atoms with Gasteiger partial charge in [0.15, 0.2) is 0 Å². The highest BCUT2D eigenvalue weighted by Crippen LogP contribution is 2.14.